The van der Waals surface area contributed by atoms with Gasteiger partial charge in [-0.15, -0.1) is 0 Å². The molecule has 0 spiro atoms. The molecule has 0 heterocycles. The van der Waals surface area contributed by atoms with Crippen molar-refractivity contribution in [2.45, 2.75) is 13.3 Å². The summed E-state index contributed by atoms with van der Waals surface area (Å²) >= 11 is 11.8. The number of benzene rings is 1. The van der Waals surface area contributed by atoms with Crippen molar-refractivity contribution in [2.75, 3.05) is 7.11 Å². The highest BCUT2D eigenvalue weighted by Gasteiger charge is 2.14. The smallest absolute Gasteiger partial charge is 0.164 e. The minimum atomic E-state index is -0.0282. The van der Waals surface area contributed by atoms with Gasteiger partial charge in [-0.25, -0.2) is 0 Å². The van der Waals surface area contributed by atoms with E-state index in [0.717, 1.165) is 0 Å². The average molecular weight is 233 g/mol. The normalized spacial score (nSPS) is 10.0. The van der Waals surface area contributed by atoms with Crippen LogP contribution in [0.5, 0.6) is 5.75 Å². The summed E-state index contributed by atoms with van der Waals surface area (Å²) in [5.74, 6) is 0.448. The van der Waals surface area contributed by atoms with Crippen molar-refractivity contribution in [3.8, 4) is 5.75 Å². The van der Waals surface area contributed by atoms with Crippen molar-refractivity contribution in [3.05, 3.63) is 27.7 Å². The summed E-state index contributed by atoms with van der Waals surface area (Å²) in [4.78, 5) is 11.4. The highest BCUT2D eigenvalue weighted by atomic mass is 35.5. The number of hydrogen-bond acceptors (Lipinski definition) is 2. The van der Waals surface area contributed by atoms with E-state index in [9.17, 15) is 4.79 Å². The van der Waals surface area contributed by atoms with Gasteiger partial charge in [0.2, 0.25) is 0 Å². The first-order valence-electron chi connectivity index (χ1n) is 4.17. The van der Waals surface area contributed by atoms with Gasteiger partial charge in [-0.2, -0.15) is 0 Å². The Hall–Kier alpha value is -0.730. The Balaban J connectivity index is 3.24. The Kier molecular flexibility index (Phi) is 3.78. The van der Waals surface area contributed by atoms with E-state index in [-0.39, 0.29) is 15.8 Å². The molecule has 0 aliphatic rings. The molecule has 0 fully saturated rings. The van der Waals surface area contributed by atoms with E-state index in [1.165, 1.54) is 7.11 Å². The number of Topliss-reactive ketones (excluding diaryl/α,β-unsaturated/α-hetero) is 1. The number of ether oxygens (including phenoxy) is 1. The van der Waals surface area contributed by atoms with E-state index in [1.54, 1.807) is 19.1 Å². The zero-order valence-corrected chi connectivity index (χ0v) is 9.45. The first-order chi connectivity index (χ1) is 6.61. The second kappa shape index (κ2) is 4.67. The summed E-state index contributed by atoms with van der Waals surface area (Å²) < 4.78 is 4.97. The molecule has 1 rings (SSSR count). The molecular weight excluding hydrogens is 223 g/mol. The molecule has 0 aliphatic heterocycles. The zero-order chi connectivity index (χ0) is 10.7. The third kappa shape index (κ3) is 2.02. The summed E-state index contributed by atoms with van der Waals surface area (Å²) in [5.41, 5.74) is 0.444. The number of methoxy groups -OCH3 is 1. The summed E-state index contributed by atoms with van der Waals surface area (Å²) in [6.07, 6.45) is 0.405. The Labute approximate surface area is 92.8 Å². The fourth-order valence-electron chi connectivity index (χ4n) is 1.10. The van der Waals surface area contributed by atoms with E-state index < -0.39 is 0 Å². The maximum atomic E-state index is 11.4. The molecule has 2 nitrogen and oxygen atoms in total. The fraction of sp³-hybridized carbons (Fsp3) is 0.300. The Morgan fingerprint density at radius 2 is 2.00 bits per heavy atom. The van der Waals surface area contributed by atoms with Crippen LogP contribution in [0, 0.1) is 0 Å². The lowest BCUT2D eigenvalue weighted by Gasteiger charge is -2.07. The van der Waals surface area contributed by atoms with Gasteiger partial charge in [-0.3, -0.25) is 4.79 Å². The number of rotatable bonds is 3. The minimum absolute atomic E-state index is 0.0282. The van der Waals surface area contributed by atoms with Crippen LogP contribution < -0.4 is 4.74 Å². The lowest BCUT2D eigenvalue weighted by atomic mass is 10.1. The van der Waals surface area contributed by atoms with Crippen molar-refractivity contribution in [3.63, 3.8) is 0 Å². The Morgan fingerprint density at radius 1 is 1.36 bits per heavy atom. The number of ketones is 1. The van der Waals surface area contributed by atoms with Gasteiger partial charge in [0.15, 0.2) is 5.78 Å². The number of halogens is 2. The van der Waals surface area contributed by atoms with E-state index >= 15 is 0 Å². The van der Waals surface area contributed by atoms with Crippen LogP contribution in [0.3, 0.4) is 0 Å². The van der Waals surface area contributed by atoms with Crippen LogP contribution in [0.2, 0.25) is 10.0 Å². The topological polar surface area (TPSA) is 26.3 Å². The molecule has 1 aromatic rings. The molecule has 0 bridgehead atoms. The van der Waals surface area contributed by atoms with Crippen molar-refractivity contribution in [1.29, 1.82) is 0 Å². The highest BCUT2D eigenvalue weighted by Crippen LogP contribution is 2.34. The van der Waals surface area contributed by atoms with Crippen molar-refractivity contribution in [2.24, 2.45) is 0 Å². The van der Waals surface area contributed by atoms with Gasteiger partial charge in [-0.1, -0.05) is 30.1 Å². The van der Waals surface area contributed by atoms with Crippen molar-refractivity contribution in [1.82, 2.24) is 0 Å². The summed E-state index contributed by atoms with van der Waals surface area (Å²) in [7, 11) is 1.50. The van der Waals surface area contributed by atoms with E-state index in [1.807, 2.05) is 0 Å². The molecule has 0 N–H and O–H groups in total. The molecule has 0 radical (unpaired) electrons. The SMILES string of the molecule is CCC(=O)c1ccc(OC)c(Cl)c1Cl. The van der Waals surface area contributed by atoms with Crippen LogP contribution in [-0.4, -0.2) is 12.9 Å². The lowest BCUT2D eigenvalue weighted by molar-refractivity contribution is 0.0988. The number of carbonyl (C=O) groups is 1. The second-order valence-electron chi connectivity index (χ2n) is 2.72. The lowest BCUT2D eigenvalue weighted by Crippen LogP contribution is -1.98. The first-order valence-corrected chi connectivity index (χ1v) is 4.92. The van der Waals surface area contributed by atoms with Gasteiger partial charge < -0.3 is 4.74 Å². The first kappa shape index (κ1) is 11.3. The molecule has 1 aromatic carbocycles. The van der Waals surface area contributed by atoms with E-state index in [4.69, 9.17) is 27.9 Å². The quantitative estimate of drug-likeness (QED) is 0.745. The van der Waals surface area contributed by atoms with Crippen LogP contribution in [0.1, 0.15) is 23.7 Å². The maximum Gasteiger partial charge on any atom is 0.164 e. The molecule has 4 heteroatoms. The average Bonchev–Trinajstić information content (AvgIpc) is 2.21. The molecular formula is C10H10Cl2O2. The summed E-state index contributed by atoms with van der Waals surface area (Å²) in [6, 6.07) is 3.26. The molecule has 0 saturated carbocycles. The number of hydrogen-bond donors (Lipinski definition) is 0. The molecule has 0 aliphatic carbocycles. The van der Waals surface area contributed by atoms with Gasteiger partial charge in [0, 0.05) is 12.0 Å². The van der Waals surface area contributed by atoms with Crippen LogP contribution in [0.4, 0.5) is 0 Å². The van der Waals surface area contributed by atoms with Crippen LogP contribution in [-0.2, 0) is 0 Å². The molecule has 14 heavy (non-hydrogen) atoms. The Morgan fingerprint density at radius 3 is 2.50 bits per heavy atom. The molecule has 0 amide bonds. The Bertz CT molecular complexity index is 361. The molecule has 0 aromatic heterocycles. The minimum Gasteiger partial charge on any atom is -0.495 e. The zero-order valence-electron chi connectivity index (χ0n) is 7.93. The summed E-state index contributed by atoms with van der Waals surface area (Å²) in [6.45, 7) is 1.77. The molecule has 0 saturated heterocycles. The standard InChI is InChI=1S/C10H10Cl2O2/c1-3-7(13)6-4-5-8(14-2)10(12)9(6)11/h4-5H,3H2,1-2H3. The largest absolute Gasteiger partial charge is 0.495 e. The van der Waals surface area contributed by atoms with Crippen LogP contribution in [0.15, 0.2) is 12.1 Å². The van der Waals surface area contributed by atoms with Gasteiger partial charge in [0.25, 0.3) is 0 Å². The molecule has 76 valence electrons. The van der Waals surface area contributed by atoms with Gasteiger partial charge in [0.05, 0.1) is 12.1 Å². The molecule has 0 atom stereocenters. The van der Waals surface area contributed by atoms with Crippen molar-refractivity contribution >= 4 is 29.0 Å². The predicted octanol–water partition coefficient (Wildman–Crippen LogP) is 3.59. The highest BCUT2D eigenvalue weighted by molar-refractivity contribution is 6.44. The monoisotopic (exact) mass is 232 g/mol. The van der Waals surface area contributed by atoms with E-state index in [0.29, 0.717) is 17.7 Å². The second-order valence-corrected chi connectivity index (χ2v) is 3.48. The van der Waals surface area contributed by atoms with Crippen LogP contribution >= 0.6 is 23.2 Å². The third-order valence-electron chi connectivity index (χ3n) is 1.89. The van der Waals surface area contributed by atoms with Gasteiger partial charge >= 0.3 is 0 Å². The molecule has 0 unspecified atom stereocenters. The van der Waals surface area contributed by atoms with Gasteiger partial charge in [-0.05, 0) is 12.1 Å². The third-order valence-corrected chi connectivity index (χ3v) is 2.75. The number of carbonyl (C=O) groups excluding carboxylic acids is 1. The van der Waals surface area contributed by atoms with Gasteiger partial charge in [0.1, 0.15) is 10.8 Å². The van der Waals surface area contributed by atoms with E-state index in [2.05, 4.69) is 0 Å². The fourth-order valence-corrected chi connectivity index (χ4v) is 1.60. The predicted molar refractivity (Wildman–Crippen MR) is 57.6 cm³/mol. The summed E-state index contributed by atoms with van der Waals surface area (Å²) in [5, 5.41) is 0.548. The maximum absolute atomic E-state index is 11.4. The van der Waals surface area contributed by atoms with Crippen LogP contribution in [0.25, 0.3) is 0 Å². The van der Waals surface area contributed by atoms with Crippen molar-refractivity contribution < 1.29 is 9.53 Å².